The maximum atomic E-state index is 13.2. The first-order valence-corrected chi connectivity index (χ1v) is 14.2. The molecule has 1 heterocycles. The highest BCUT2D eigenvalue weighted by Gasteiger charge is 2.27. The van der Waals surface area contributed by atoms with Gasteiger partial charge < -0.3 is 14.8 Å². The molecule has 0 bridgehead atoms. The summed E-state index contributed by atoms with van der Waals surface area (Å²) in [6.07, 6.45) is 0.114. The number of nitrogens with zero attached hydrogens (tertiary/aromatic N) is 1. The quantitative estimate of drug-likeness (QED) is 0.167. The van der Waals surface area contributed by atoms with Crippen LogP contribution in [0.4, 0.5) is 0 Å². The van der Waals surface area contributed by atoms with Gasteiger partial charge in [0.2, 0.25) is 6.79 Å². The molecule has 3 aromatic carbocycles. The molecule has 0 aliphatic heterocycles. The standard InChI is InChI=1S/C33H32Cl2N2O5/c1-19-8-6-10-23(34)28(19)26-15-13-22-16-21(12-14-25(22)36-26)17-27(31(39)41-18-42-32(40)33(3,4)5)37-30(38)29-20(2)9-7-11-24(29)35/h6-16,27H,17-18H2,1-5H3,(H,37,38). The summed E-state index contributed by atoms with van der Waals surface area (Å²) in [5.74, 6) is -1.79. The number of ether oxygens (including phenoxy) is 2. The predicted octanol–water partition coefficient (Wildman–Crippen LogP) is 7.26. The predicted molar refractivity (Wildman–Crippen MR) is 165 cm³/mol. The molecule has 1 unspecified atom stereocenters. The summed E-state index contributed by atoms with van der Waals surface area (Å²) in [6.45, 7) is 8.25. The number of hydrogen-bond acceptors (Lipinski definition) is 6. The van der Waals surface area contributed by atoms with Crippen molar-refractivity contribution in [3.8, 4) is 11.3 Å². The Morgan fingerprint density at radius 1 is 0.881 bits per heavy atom. The number of esters is 2. The molecule has 1 amide bonds. The number of rotatable bonds is 8. The molecule has 9 heteroatoms. The summed E-state index contributed by atoms with van der Waals surface area (Å²) < 4.78 is 10.4. The van der Waals surface area contributed by atoms with Gasteiger partial charge in [0.05, 0.1) is 32.2 Å². The molecule has 4 rings (SSSR count). The first kappa shape index (κ1) is 31.0. The fourth-order valence-corrected chi connectivity index (χ4v) is 5.06. The second-order valence-electron chi connectivity index (χ2n) is 11.1. The molecule has 218 valence electrons. The van der Waals surface area contributed by atoms with Crippen LogP contribution in [0.3, 0.4) is 0 Å². The second-order valence-corrected chi connectivity index (χ2v) is 11.9. The highest BCUT2D eigenvalue weighted by molar-refractivity contribution is 6.34. The summed E-state index contributed by atoms with van der Waals surface area (Å²) in [5.41, 5.74) is 4.32. The van der Waals surface area contributed by atoms with Gasteiger partial charge in [-0.25, -0.2) is 9.78 Å². The molecule has 1 atom stereocenters. The van der Waals surface area contributed by atoms with E-state index in [9.17, 15) is 14.4 Å². The lowest BCUT2D eigenvalue weighted by Crippen LogP contribution is -2.44. The number of carbonyl (C=O) groups excluding carboxylic acids is 3. The van der Waals surface area contributed by atoms with Crippen molar-refractivity contribution in [2.45, 2.75) is 47.1 Å². The van der Waals surface area contributed by atoms with E-state index in [4.69, 9.17) is 37.7 Å². The topological polar surface area (TPSA) is 94.6 Å². The van der Waals surface area contributed by atoms with Crippen molar-refractivity contribution in [1.82, 2.24) is 10.3 Å². The number of carbonyl (C=O) groups is 3. The summed E-state index contributed by atoms with van der Waals surface area (Å²) >= 11 is 12.8. The zero-order valence-corrected chi connectivity index (χ0v) is 25.6. The lowest BCUT2D eigenvalue weighted by molar-refractivity contribution is -0.174. The van der Waals surface area contributed by atoms with Crippen LogP contribution < -0.4 is 5.32 Å². The van der Waals surface area contributed by atoms with Gasteiger partial charge in [-0.15, -0.1) is 0 Å². The summed E-state index contributed by atoms with van der Waals surface area (Å²) in [5, 5.41) is 4.49. The lowest BCUT2D eigenvalue weighted by atomic mass is 9.98. The molecule has 0 spiro atoms. The summed E-state index contributed by atoms with van der Waals surface area (Å²) in [7, 11) is 0. The average Bonchev–Trinajstić information content (AvgIpc) is 2.92. The first-order valence-electron chi connectivity index (χ1n) is 13.4. The van der Waals surface area contributed by atoms with E-state index in [1.807, 2.05) is 55.5 Å². The van der Waals surface area contributed by atoms with Gasteiger partial charge in [0, 0.05) is 17.4 Å². The number of fused-ring (bicyclic) bond motifs is 1. The Balaban J connectivity index is 1.59. The summed E-state index contributed by atoms with van der Waals surface area (Å²) in [6, 6.07) is 19.2. The van der Waals surface area contributed by atoms with Crippen LogP contribution in [-0.4, -0.2) is 35.7 Å². The Hall–Kier alpha value is -3.94. The third-order valence-corrected chi connectivity index (χ3v) is 7.34. The van der Waals surface area contributed by atoms with Crippen LogP contribution in [0.15, 0.2) is 66.7 Å². The van der Waals surface area contributed by atoms with Crippen molar-refractivity contribution < 1.29 is 23.9 Å². The minimum Gasteiger partial charge on any atom is -0.427 e. The summed E-state index contributed by atoms with van der Waals surface area (Å²) in [4.78, 5) is 43.3. The van der Waals surface area contributed by atoms with E-state index in [-0.39, 0.29) is 17.0 Å². The van der Waals surface area contributed by atoms with E-state index in [1.165, 1.54) is 0 Å². The van der Waals surface area contributed by atoms with Gasteiger partial charge in [-0.2, -0.15) is 0 Å². The van der Waals surface area contributed by atoms with E-state index in [1.54, 1.807) is 45.9 Å². The van der Waals surface area contributed by atoms with Gasteiger partial charge in [-0.05, 0) is 81.6 Å². The zero-order chi connectivity index (χ0) is 30.6. The highest BCUT2D eigenvalue weighted by Crippen LogP contribution is 2.31. The van der Waals surface area contributed by atoms with E-state index in [0.717, 1.165) is 33.3 Å². The molecule has 0 aliphatic carbocycles. The Bertz CT molecular complexity index is 1620. The van der Waals surface area contributed by atoms with Crippen molar-refractivity contribution in [1.29, 1.82) is 0 Å². The zero-order valence-electron chi connectivity index (χ0n) is 24.1. The van der Waals surface area contributed by atoms with E-state index in [0.29, 0.717) is 10.6 Å². The molecule has 4 aromatic rings. The Kier molecular flexibility index (Phi) is 9.54. The molecule has 42 heavy (non-hydrogen) atoms. The molecule has 7 nitrogen and oxygen atoms in total. The number of pyridine rings is 1. The largest absolute Gasteiger partial charge is 0.427 e. The van der Waals surface area contributed by atoms with Crippen LogP contribution in [0.25, 0.3) is 22.2 Å². The van der Waals surface area contributed by atoms with Crippen LogP contribution in [0.2, 0.25) is 10.0 Å². The van der Waals surface area contributed by atoms with E-state index < -0.39 is 36.1 Å². The van der Waals surface area contributed by atoms with Crippen LogP contribution in [0.1, 0.15) is 47.8 Å². The number of benzene rings is 3. The molecule has 0 aliphatic rings. The second kappa shape index (κ2) is 12.9. The molecule has 0 fully saturated rings. The van der Waals surface area contributed by atoms with Gasteiger partial charge in [0.25, 0.3) is 5.91 Å². The van der Waals surface area contributed by atoms with Crippen LogP contribution in [-0.2, 0) is 25.5 Å². The first-order chi connectivity index (χ1) is 19.8. The Labute approximate surface area is 255 Å². The molecular formula is C33H32Cl2N2O5. The normalized spacial score (nSPS) is 12.1. The van der Waals surface area contributed by atoms with Gasteiger partial charge >= 0.3 is 11.9 Å². The number of aromatic nitrogens is 1. The van der Waals surface area contributed by atoms with Crippen molar-refractivity contribution >= 4 is 52.0 Å². The van der Waals surface area contributed by atoms with Crippen molar-refractivity contribution in [2.24, 2.45) is 5.41 Å². The molecular weight excluding hydrogens is 575 g/mol. The number of hydrogen-bond donors (Lipinski definition) is 1. The SMILES string of the molecule is Cc1cccc(Cl)c1C(=O)NC(Cc1ccc2nc(-c3c(C)cccc3Cl)ccc2c1)C(=O)OCOC(=O)C(C)(C)C. The fraction of sp³-hybridized carbons (Fsp3) is 0.273. The minimum absolute atomic E-state index is 0.114. The van der Waals surface area contributed by atoms with Gasteiger partial charge in [0.15, 0.2) is 0 Å². The van der Waals surface area contributed by atoms with Gasteiger partial charge in [-0.1, -0.05) is 59.6 Å². The fourth-order valence-electron chi connectivity index (χ4n) is 4.43. The maximum Gasteiger partial charge on any atom is 0.331 e. The van der Waals surface area contributed by atoms with Crippen molar-refractivity contribution in [3.05, 3.63) is 99.0 Å². The van der Waals surface area contributed by atoms with Crippen LogP contribution in [0.5, 0.6) is 0 Å². The van der Waals surface area contributed by atoms with Crippen LogP contribution in [0, 0.1) is 19.3 Å². The highest BCUT2D eigenvalue weighted by atomic mass is 35.5. The average molecular weight is 608 g/mol. The molecule has 0 radical (unpaired) electrons. The van der Waals surface area contributed by atoms with Crippen molar-refractivity contribution in [2.75, 3.05) is 6.79 Å². The number of amides is 1. The number of aryl methyl sites for hydroxylation is 2. The third kappa shape index (κ3) is 7.27. The molecule has 1 N–H and O–H groups in total. The Morgan fingerprint density at radius 2 is 1.57 bits per heavy atom. The number of nitrogens with one attached hydrogen (secondary N) is 1. The maximum absolute atomic E-state index is 13.2. The Morgan fingerprint density at radius 3 is 2.24 bits per heavy atom. The third-order valence-electron chi connectivity index (χ3n) is 6.71. The number of halogens is 2. The minimum atomic E-state index is -1.09. The monoisotopic (exact) mass is 606 g/mol. The lowest BCUT2D eigenvalue weighted by Gasteiger charge is -2.20. The van der Waals surface area contributed by atoms with E-state index >= 15 is 0 Å². The molecule has 0 saturated carbocycles. The smallest absolute Gasteiger partial charge is 0.331 e. The van der Waals surface area contributed by atoms with Crippen molar-refractivity contribution in [3.63, 3.8) is 0 Å². The van der Waals surface area contributed by atoms with Gasteiger partial charge in [-0.3, -0.25) is 9.59 Å². The van der Waals surface area contributed by atoms with Crippen LogP contribution >= 0.6 is 23.2 Å². The van der Waals surface area contributed by atoms with E-state index in [2.05, 4.69) is 5.32 Å². The molecule has 0 saturated heterocycles. The van der Waals surface area contributed by atoms with Gasteiger partial charge in [0.1, 0.15) is 6.04 Å². The molecule has 1 aromatic heterocycles.